The summed E-state index contributed by atoms with van der Waals surface area (Å²) in [5, 5.41) is 7.22. The Balaban J connectivity index is 0.683. The number of aromatic nitrogens is 11. The molecule has 20 rings (SSSR count). The second-order valence-corrected chi connectivity index (χ2v) is 27.9. The lowest BCUT2D eigenvalue weighted by Crippen LogP contribution is -2.31. The topological polar surface area (TPSA) is 181 Å². The van der Waals surface area contributed by atoms with Crippen LogP contribution in [0, 0.1) is 0 Å². The summed E-state index contributed by atoms with van der Waals surface area (Å²) in [4.78, 5) is 55.3. The number of hydrogen-bond donors (Lipinski definition) is 6. The van der Waals surface area contributed by atoms with Crippen LogP contribution in [-0.4, -0.2) is 67.9 Å². The molecule has 0 spiro atoms. The molecule has 110 heavy (non-hydrogen) atoms. The van der Waals surface area contributed by atoms with E-state index in [1.807, 2.05) is 0 Å². The maximum absolute atomic E-state index is 5.57. The normalized spacial score (nSPS) is 12.9. The first-order valence-electron chi connectivity index (χ1n) is 37.4. The van der Waals surface area contributed by atoms with Crippen LogP contribution in [0.1, 0.15) is 64.8 Å². The minimum Gasteiger partial charge on any atom is -0.354 e. The first-order chi connectivity index (χ1) is 54.5. The fourth-order valence-corrected chi connectivity index (χ4v) is 15.9. The first-order valence-corrected chi connectivity index (χ1v) is 37.4. The molecule has 12 heterocycles. The summed E-state index contributed by atoms with van der Waals surface area (Å²) in [5.41, 5.74) is 31.9. The Hall–Kier alpha value is -14.6. The van der Waals surface area contributed by atoms with Crippen molar-refractivity contribution in [1.82, 2.24) is 54.8 Å². The van der Waals surface area contributed by atoms with Crippen LogP contribution in [-0.2, 0) is 0 Å². The Morgan fingerprint density at radius 1 is 0.209 bits per heavy atom. The zero-order chi connectivity index (χ0) is 72.9. The van der Waals surface area contributed by atoms with Crippen molar-refractivity contribution in [3.63, 3.8) is 0 Å². The van der Waals surface area contributed by atoms with Gasteiger partial charge in [0.05, 0.1) is 45.6 Å². The van der Waals surface area contributed by atoms with E-state index >= 15 is 0 Å². The summed E-state index contributed by atoms with van der Waals surface area (Å²) >= 11 is 0. The molecule has 6 N–H and O–H groups in total. The van der Waals surface area contributed by atoms with Gasteiger partial charge in [-0.3, -0.25) is 0 Å². The molecular formula is C96H70N14. The molecule has 0 saturated carbocycles. The van der Waals surface area contributed by atoms with E-state index in [4.69, 9.17) is 34.9 Å². The molecular weight excluding hydrogens is 1350 g/mol. The quantitative estimate of drug-likeness (QED) is 0.0650. The van der Waals surface area contributed by atoms with E-state index in [0.29, 0.717) is 17.8 Å². The van der Waals surface area contributed by atoms with Crippen LogP contribution < -0.4 is 15.5 Å². The first kappa shape index (κ1) is 64.9. The number of benzene rings is 8. The number of nitrogens with zero attached hydrogens (tertiary/aromatic N) is 8. The SMILES string of the molecule is C1=Cc2nc1c(-c1ccccc1)c1ccc([nH]1)c(-c1ccccc1)c1nc(c(-c3ccc(Nc4nc(Nc5ccc(-c6c7nc(c(-c8ccccc8)c8ccc([nH]8)c(-c8ccccc8)c8nc(c(-c9ccccc9)c9ccc6[nH]9)C=C8)C=C7)cc5)nc(N5CCCCC5)n4)cc3)c3ccc([nH]3)c2-c2ccccc2)C=C1. The molecule has 7 aromatic heterocycles. The second kappa shape index (κ2) is 28.0. The number of nitrogens with one attached hydrogen (secondary N) is 6. The van der Waals surface area contributed by atoms with Gasteiger partial charge in [0.2, 0.25) is 17.8 Å². The van der Waals surface area contributed by atoms with Crippen LogP contribution in [0.5, 0.6) is 0 Å². The van der Waals surface area contributed by atoms with E-state index in [-0.39, 0.29) is 0 Å². The van der Waals surface area contributed by atoms with Crippen molar-refractivity contribution in [2.24, 2.45) is 0 Å². The van der Waals surface area contributed by atoms with Crippen LogP contribution in [0.15, 0.2) is 279 Å². The van der Waals surface area contributed by atoms with E-state index < -0.39 is 0 Å². The molecule has 16 bridgehead atoms. The fourth-order valence-electron chi connectivity index (χ4n) is 15.9. The Kier molecular flexibility index (Phi) is 16.5. The fraction of sp³-hybridized carbons (Fsp3) is 0.0521. The maximum Gasteiger partial charge on any atom is 0.233 e. The van der Waals surface area contributed by atoms with Crippen LogP contribution >= 0.6 is 0 Å². The van der Waals surface area contributed by atoms with Gasteiger partial charge in [-0.05, 0) is 185 Å². The molecule has 0 amide bonds. The van der Waals surface area contributed by atoms with Crippen molar-refractivity contribution in [3.05, 3.63) is 325 Å². The van der Waals surface area contributed by atoms with Gasteiger partial charge in [-0.25, -0.2) is 19.9 Å². The molecule has 8 aromatic carbocycles. The van der Waals surface area contributed by atoms with Crippen molar-refractivity contribution < 1.29 is 0 Å². The largest absolute Gasteiger partial charge is 0.354 e. The molecule has 15 aromatic rings. The van der Waals surface area contributed by atoms with Gasteiger partial charge >= 0.3 is 0 Å². The van der Waals surface area contributed by atoms with Gasteiger partial charge in [0.25, 0.3) is 0 Å². The third kappa shape index (κ3) is 12.4. The second-order valence-electron chi connectivity index (χ2n) is 27.9. The molecule has 5 aliphatic heterocycles. The number of piperidine rings is 1. The standard InChI is InChI=1S/C96H70N14/c1-8-22-60(23-9-1)86-70-42-46-74(99-70)88(62-26-12-3-13-27-62)78-50-54-82(103-78)92(83-55-51-79(104-83)89(63-28-14-4-15-29-63)75-47-43-71(86)100-75)66-34-38-68(39-35-66)97-94-107-95(109-96(108-94)110-58-20-7-21-59-110)98-69-40-36-67(37-41-69)93-84-56-52-80(105-84)90(64-30-16-5-17-31-64)76-48-44-72(101-76)87(61-24-10-2-11-25-61)73-45-49-77(102-73)91(65-32-18-6-19-33-65)81-53-57-85(93)106-81/h1-6,8-19,22-57,99,101,104,106H,7,20-21,58-59H2,(H2,97,98,107,108,109). The molecule has 524 valence electrons. The van der Waals surface area contributed by atoms with E-state index in [9.17, 15) is 0 Å². The highest BCUT2D eigenvalue weighted by Gasteiger charge is 2.24. The monoisotopic (exact) mass is 1420 g/mol. The highest BCUT2D eigenvalue weighted by molar-refractivity contribution is 6.03. The lowest BCUT2D eigenvalue weighted by molar-refractivity contribution is 0.568. The Bertz CT molecular complexity index is 6110. The number of fused-ring (bicyclic) bond motifs is 16. The number of hydrogen-bond acceptors (Lipinski definition) is 10. The van der Waals surface area contributed by atoms with Crippen molar-refractivity contribution in [1.29, 1.82) is 0 Å². The zero-order valence-electron chi connectivity index (χ0n) is 59.8. The number of rotatable bonds is 13. The number of anilines is 5. The van der Waals surface area contributed by atoms with Crippen LogP contribution in [0.4, 0.5) is 29.2 Å². The van der Waals surface area contributed by atoms with Crippen LogP contribution in [0.25, 0.3) is 182 Å². The van der Waals surface area contributed by atoms with E-state index in [1.165, 1.54) is 0 Å². The molecule has 14 nitrogen and oxygen atoms in total. The summed E-state index contributed by atoms with van der Waals surface area (Å²) in [5.74, 6) is 1.44. The molecule has 0 atom stereocenters. The van der Waals surface area contributed by atoms with Gasteiger partial charge in [0.15, 0.2) is 0 Å². The van der Waals surface area contributed by atoms with E-state index in [1.54, 1.807) is 0 Å². The number of H-pyrrole nitrogens is 4. The van der Waals surface area contributed by atoms with Crippen LogP contribution in [0.3, 0.4) is 0 Å². The summed E-state index contributed by atoms with van der Waals surface area (Å²) in [6.07, 6.45) is 20.4. The maximum atomic E-state index is 5.57. The van der Waals surface area contributed by atoms with Crippen molar-refractivity contribution in [2.75, 3.05) is 28.6 Å². The Morgan fingerprint density at radius 2 is 0.418 bits per heavy atom. The molecule has 0 aliphatic carbocycles. The van der Waals surface area contributed by atoms with Crippen molar-refractivity contribution in [2.45, 2.75) is 19.3 Å². The highest BCUT2D eigenvalue weighted by atomic mass is 15.3. The van der Waals surface area contributed by atoms with Crippen molar-refractivity contribution >= 4 is 122 Å². The predicted octanol–water partition coefficient (Wildman–Crippen LogP) is 23.6. The molecule has 1 fully saturated rings. The predicted molar refractivity (Wildman–Crippen MR) is 454 cm³/mol. The molecule has 0 unspecified atom stereocenters. The van der Waals surface area contributed by atoms with Gasteiger partial charge in [0.1, 0.15) is 0 Å². The minimum absolute atomic E-state index is 0.415. The smallest absolute Gasteiger partial charge is 0.233 e. The molecule has 14 heteroatoms. The highest BCUT2D eigenvalue weighted by Crippen LogP contribution is 2.43. The van der Waals surface area contributed by atoms with Gasteiger partial charge in [-0.1, -0.05) is 206 Å². The minimum atomic E-state index is 0.415. The lowest BCUT2D eigenvalue weighted by atomic mass is 10.0. The number of aromatic amines is 4. The summed E-state index contributed by atoms with van der Waals surface area (Å²) < 4.78 is 0. The van der Waals surface area contributed by atoms with Gasteiger partial charge < -0.3 is 35.5 Å². The summed E-state index contributed by atoms with van der Waals surface area (Å²) in [6, 6.07) is 97.3. The van der Waals surface area contributed by atoms with Gasteiger partial charge in [0, 0.05) is 113 Å². The average molecular weight is 1420 g/mol. The van der Waals surface area contributed by atoms with Gasteiger partial charge in [-0.2, -0.15) is 15.0 Å². The van der Waals surface area contributed by atoms with Crippen LogP contribution in [0.2, 0.25) is 0 Å². The molecule has 1 saturated heterocycles. The zero-order valence-corrected chi connectivity index (χ0v) is 59.8. The van der Waals surface area contributed by atoms with E-state index in [0.717, 1.165) is 222 Å². The third-order valence-electron chi connectivity index (χ3n) is 21.0. The average Bonchev–Trinajstić information content (AvgIpc) is 1.61. The van der Waals surface area contributed by atoms with Crippen molar-refractivity contribution in [3.8, 4) is 89.0 Å². The molecule has 5 aliphatic rings. The Morgan fingerprint density at radius 3 is 0.636 bits per heavy atom. The summed E-state index contributed by atoms with van der Waals surface area (Å²) in [7, 11) is 0. The third-order valence-corrected chi connectivity index (χ3v) is 21.0. The van der Waals surface area contributed by atoms with E-state index in [2.05, 4.69) is 363 Å². The lowest BCUT2D eigenvalue weighted by Gasteiger charge is -2.27. The molecule has 0 radical (unpaired) electrons. The van der Waals surface area contributed by atoms with Gasteiger partial charge in [-0.15, -0.1) is 0 Å². The Labute approximate surface area is 634 Å². The summed E-state index contributed by atoms with van der Waals surface area (Å²) in [6.45, 7) is 1.69.